The van der Waals surface area contributed by atoms with Crippen LogP contribution in [0.3, 0.4) is 0 Å². The Morgan fingerprint density at radius 3 is 3.05 bits per heavy atom. The van der Waals surface area contributed by atoms with Gasteiger partial charge in [0.15, 0.2) is 17.7 Å². The van der Waals surface area contributed by atoms with Crippen LogP contribution in [0.15, 0.2) is 47.5 Å². The van der Waals surface area contributed by atoms with E-state index in [0.29, 0.717) is 11.5 Å². The molecular formula is C14H12N2O3S. The van der Waals surface area contributed by atoms with Gasteiger partial charge in [0.1, 0.15) is 5.75 Å². The van der Waals surface area contributed by atoms with Crippen molar-refractivity contribution < 1.29 is 14.6 Å². The number of pyridine rings is 1. The van der Waals surface area contributed by atoms with Gasteiger partial charge in [-0.05, 0) is 24.3 Å². The summed E-state index contributed by atoms with van der Waals surface area (Å²) in [6.07, 6.45) is 0.900. The van der Waals surface area contributed by atoms with Crippen molar-refractivity contribution in [1.82, 2.24) is 4.98 Å². The van der Waals surface area contributed by atoms with Gasteiger partial charge in [0.25, 0.3) is 5.91 Å². The first-order valence-corrected chi connectivity index (χ1v) is 7.06. The predicted octanol–water partition coefficient (Wildman–Crippen LogP) is 2.28. The van der Waals surface area contributed by atoms with Crippen LogP contribution in [0.2, 0.25) is 0 Å². The number of nitrogens with one attached hydrogen (secondary N) is 1. The molecule has 0 bridgehead atoms. The molecule has 20 heavy (non-hydrogen) atoms. The smallest absolute Gasteiger partial charge is 0.267 e. The highest BCUT2D eigenvalue weighted by Crippen LogP contribution is 2.35. The number of anilines is 1. The highest BCUT2D eigenvalue weighted by Gasteiger charge is 2.27. The minimum absolute atomic E-state index is 0.0651. The highest BCUT2D eigenvalue weighted by molar-refractivity contribution is 7.99. The maximum atomic E-state index is 12.1. The van der Waals surface area contributed by atoms with Gasteiger partial charge in [-0.3, -0.25) is 4.79 Å². The highest BCUT2D eigenvalue weighted by atomic mass is 32.2. The number of hydrogen-bond acceptors (Lipinski definition) is 5. The second-order valence-corrected chi connectivity index (χ2v) is 5.29. The Morgan fingerprint density at radius 2 is 2.20 bits per heavy atom. The largest absolute Gasteiger partial charge is 0.504 e. The number of para-hydroxylation sites is 1. The zero-order chi connectivity index (χ0) is 13.9. The number of thioether (sulfide) groups is 1. The van der Waals surface area contributed by atoms with E-state index in [-0.39, 0.29) is 17.5 Å². The molecule has 2 N–H and O–H groups in total. The number of benzene rings is 1. The van der Waals surface area contributed by atoms with E-state index in [1.807, 2.05) is 24.3 Å². The Balaban J connectivity index is 1.72. The summed E-state index contributed by atoms with van der Waals surface area (Å²) < 4.78 is 5.66. The Morgan fingerprint density at radius 1 is 1.35 bits per heavy atom. The summed E-state index contributed by atoms with van der Waals surface area (Å²) in [6, 6.07) is 10.6. The van der Waals surface area contributed by atoms with Gasteiger partial charge in [0.2, 0.25) is 0 Å². The zero-order valence-electron chi connectivity index (χ0n) is 10.4. The predicted molar refractivity (Wildman–Crippen MR) is 76.1 cm³/mol. The summed E-state index contributed by atoms with van der Waals surface area (Å²) in [6.45, 7) is 0. The first kappa shape index (κ1) is 12.8. The van der Waals surface area contributed by atoms with Gasteiger partial charge in [-0.1, -0.05) is 12.1 Å². The number of fused-ring (bicyclic) bond motifs is 1. The van der Waals surface area contributed by atoms with Gasteiger partial charge < -0.3 is 15.2 Å². The van der Waals surface area contributed by atoms with Crippen molar-refractivity contribution in [3.63, 3.8) is 0 Å². The van der Waals surface area contributed by atoms with Gasteiger partial charge in [-0.25, -0.2) is 4.98 Å². The van der Waals surface area contributed by atoms with Crippen LogP contribution in [0, 0.1) is 0 Å². The number of carbonyl (C=O) groups excluding carboxylic acids is 1. The molecule has 0 spiro atoms. The topological polar surface area (TPSA) is 71.5 Å². The van der Waals surface area contributed by atoms with Gasteiger partial charge in [-0.15, -0.1) is 11.8 Å². The molecule has 0 saturated heterocycles. The van der Waals surface area contributed by atoms with Crippen molar-refractivity contribution in [3.05, 3.63) is 42.6 Å². The molecule has 1 amide bonds. The summed E-state index contributed by atoms with van der Waals surface area (Å²) in [5, 5.41) is 12.2. The molecule has 0 radical (unpaired) electrons. The third-order valence-corrected chi connectivity index (χ3v) is 3.95. The molecule has 1 aromatic heterocycles. The van der Waals surface area contributed by atoms with Crippen molar-refractivity contribution in [3.8, 4) is 11.5 Å². The van der Waals surface area contributed by atoms with Crippen molar-refractivity contribution in [2.24, 2.45) is 0 Å². The second kappa shape index (κ2) is 5.42. The molecule has 1 aromatic carbocycles. The van der Waals surface area contributed by atoms with E-state index >= 15 is 0 Å². The molecule has 2 aromatic rings. The molecule has 3 rings (SSSR count). The lowest BCUT2D eigenvalue weighted by atomic mass is 10.3. The lowest BCUT2D eigenvalue weighted by Gasteiger charge is -2.24. The average Bonchev–Trinajstić information content (AvgIpc) is 2.49. The zero-order valence-corrected chi connectivity index (χ0v) is 11.3. The van der Waals surface area contributed by atoms with Gasteiger partial charge in [0, 0.05) is 16.8 Å². The Bertz CT molecular complexity index is 648. The van der Waals surface area contributed by atoms with Crippen LogP contribution in [0.25, 0.3) is 0 Å². The van der Waals surface area contributed by atoms with Crippen molar-refractivity contribution in [2.45, 2.75) is 11.0 Å². The third-order valence-electron chi connectivity index (χ3n) is 2.83. The van der Waals surface area contributed by atoms with Gasteiger partial charge >= 0.3 is 0 Å². The van der Waals surface area contributed by atoms with E-state index in [4.69, 9.17) is 4.74 Å². The molecule has 0 saturated carbocycles. The fourth-order valence-corrected chi connectivity index (χ4v) is 2.82. The number of ether oxygens (including phenoxy) is 1. The second-order valence-electron chi connectivity index (χ2n) is 4.22. The first-order valence-electron chi connectivity index (χ1n) is 6.07. The van der Waals surface area contributed by atoms with E-state index in [0.717, 1.165) is 4.90 Å². The van der Waals surface area contributed by atoms with Crippen LogP contribution in [0.4, 0.5) is 5.82 Å². The molecule has 0 fully saturated rings. The molecule has 5 nitrogen and oxygen atoms in total. The van der Waals surface area contributed by atoms with Crippen molar-refractivity contribution in [1.29, 1.82) is 0 Å². The van der Waals surface area contributed by atoms with E-state index in [1.54, 1.807) is 17.8 Å². The number of aromatic hydroxyl groups is 1. The third kappa shape index (κ3) is 2.55. The Kier molecular flexibility index (Phi) is 3.47. The average molecular weight is 288 g/mol. The summed E-state index contributed by atoms with van der Waals surface area (Å²) in [5.74, 6) is 0.987. The molecule has 1 aliphatic rings. The number of rotatable bonds is 2. The van der Waals surface area contributed by atoms with Crippen molar-refractivity contribution >= 4 is 23.5 Å². The summed E-state index contributed by atoms with van der Waals surface area (Å²) >= 11 is 1.57. The van der Waals surface area contributed by atoms with E-state index in [2.05, 4.69) is 10.3 Å². The number of amides is 1. The molecule has 1 aliphatic heterocycles. The monoisotopic (exact) mass is 288 g/mol. The summed E-state index contributed by atoms with van der Waals surface area (Å²) in [5.41, 5.74) is 0. The minimum Gasteiger partial charge on any atom is -0.504 e. The lowest BCUT2D eigenvalue weighted by molar-refractivity contribution is -0.122. The van der Waals surface area contributed by atoms with E-state index in [9.17, 15) is 9.90 Å². The number of nitrogens with zero attached hydrogens (tertiary/aromatic N) is 1. The van der Waals surface area contributed by atoms with E-state index in [1.165, 1.54) is 12.3 Å². The maximum Gasteiger partial charge on any atom is 0.267 e. The van der Waals surface area contributed by atoms with Gasteiger partial charge in [-0.2, -0.15) is 0 Å². The molecule has 2 heterocycles. The lowest BCUT2D eigenvalue weighted by Crippen LogP contribution is -2.37. The quantitative estimate of drug-likeness (QED) is 0.887. The van der Waals surface area contributed by atoms with Crippen LogP contribution in [0.1, 0.15) is 0 Å². The SMILES string of the molecule is O=C(Nc1ncccc1O)[C@H]1CSc2ccccc2O1. The van der Waals surface area contributed by atoms with Crippen LogP contribution in [-0.2, 0) is 4.79 Å². The number of hydrogen-bond donors (Lipinski definition) is 2. The molecule has 0 aliphatic carbocycles. The number of carbonyl (C=O) groups is 1. The molecule has 0 unspecified atom stereocenters. The number of aromatic nitrogens is 1. The first-order chi connectivity index (χ1) is 9.74. The summed E-state index contributed by atoms with van der Waals surface area (Å²) in [4.78, 5) is 17.1. The van der Waals surface area contributed by atoms with Crippen LogP contribution < -0.4 is 10.1 Å². The normalized spacial score (nSPS) is 16.9. The van der Waals surface area contributed by atoms with Crippen LogP contribution in [0.5, 0.6) is 11.5 Å². The van der Waals surface area contributed by atoms with Crippen LogP contribution in [-0.4, -0.2) is 27.9 Å². The van der Waals surface area contributed by atoms with Gasteiger partial charge in [0.05, 0.1) is 0 Å². The Hall–Kier alpha value is -2.21. The van der Waals surface area contributed by atoms with E-state index < -0.39 is 6.10 Å². The Labute approximate surface area is 120 Å². The minimum atomic E-state index is -0.601. The fourth-order valence-electron chi connectivity index (χ4n) is 1.84. The molecule has 1 atom stereocenters. The molecule has 6 heteroatoms. The molecule has 102 valence electrons. The standard InChI is InChI=1S/C14H12N2O3S/c17-9-4-3-7-15-13(9)16-14(18)11-8-20-12-6-2-1-5-10(12)19-11/h1-7,11,17H,8H2,(H,15,16,18)/t11-/m1/s1. The molecular weight excluding hydrogens is 276 g/mol. The fraction of sp³-hybridized carbons (Fsp3) is 0.143. The maximum absolute atomic E-state index is 12.1. The summed E-state index contributed by atoms with van der Waals surface area (Å²) in [7, 11) is 0. The van der Waals surface area contributed by atoms with Crippen molar-refractivity contribution in [2.75, 3.05) is 11.1 Å². The van der Waals surface area contributed by atoms with Crippen LogP contribution >= 0.6 is 11.8 Å².